The number of aromatic carboxylic acids is 1. The van der Waals surface area contributed by atoms with Gasteiger partial charge in [0.15, 0.2) is 0 Å². The summed E-state index contributed by atoms with van der Waals surface area (Å²) in [5, 5.41) is 9.13. The van der Waals surface area contributed by atoms with Crippen LogP contribution in [0.15, 0.2) is 28.7 Å². The fraction of sp³-hybridized carbons (Fsp3) is 0.421. The number of carboxylic acids is 1. The van der Waals surface area contributed by atoms with Gasteiger partial charge in [0.25, 0.3) is 5.91 Å². The molecule has 2 aromatic heterocycles. The molecular weight excluding hydrogens is 320 g/mol. The summed E-state index contributed by atoms with van der Waals surface area (Å²) >= 11 is 0. The smallest absolute Gasteiger partial charge is 0.337 e. The molecule has 1 N–H and O–H groups in total. The van der Waals surface area contributed by atoms with Crippen LogP contribution in [0.2, 0.25) is 0 Å². The van der Waals surface area contributed by atoms with Gasteiger partial charge in [0.2, 0.25) is 0 Å². The van der Waals surface area contributed by atoms with Crippen LogP contribution in [0.25, 0.3) is 0 Å². The Morgan fingerprint density at radius 1 is 1.16 bits per heavy atom. The van der Waals surface area contributed by atoms with Gasteiger partial charge >= 0.3 is 5.97 Å². The molecule has 0 aliphatic carbocycles. The van der Waals surface area contributed by atoms with Gasteiger partial charge in [-0.3, -0.25) is 4.79 Å². The second-order valence-electron chi connectivity index (χ2n) is 6.45. The summed E-state index contributed by atoms with van der Waals surface area (Å²) in [7, 11) is 0. The summed E-state index contributed by atoms with van der Waals surface area (Å²) in [4.78, 5) is 30.2. The van der Waals surface area contributed by atoms with Crippen molar-refractivity contribution < 1.29 is 19.1 Å². The van der Waals surface area contributed by atoms with Crippen LogP contribution in [0.4, 0.5) is 0 Å². The van der Waals surface area contributed by atoms with Crippen LogP contribution in [-0.4, -0.2) is 33.4 Å². The molecule has 0 saturated carbocycles. The first-order valence-electron chi connectivity index (χ1n) is 8.55. The number of nitrogens with zero attached hydrogens (tertiary/aromatic N) is 2. The molecule has 3 heterocycles. The van der Waals surface area contributed by atoms with Crippen molar-refractivity contribution >= 4 is 11.9 Å². The number of aryl methyl sites for hydroxylation is 2. The van der Waals surface area contributed by atoms with E-state index in [-0.39, 0.29) is 23.2 Å². The molecule has 132 valence electrons. The molecule has 25 heavy (non-hydrogen) atoms. The SMILES string of the molecule is Cc1ccc(C2CCCCCN2C(=O)c2ccc(C(=O)O)c(C)n2)o1. The maximum Gasteiger partial charge on any atom is 0.337 e. The summed E-state index contributed by atoms with van der Waals surface area (Å²) < 4.78 is 5.78. The molecule has 1 unspecified atom stereocenters. The lowest BCUT2D eigenvalue weighted by Gasteiger charge is -2.28. The van der Waals surface area contributed by atoms with Gasteiger partial charge in [0, 0.05) is 6.54 Å². The topological polar surface area (TPSA) is 83.6 Å². The van der Waals surface area contributed by atoms with Crippen molar-refractivity contribution in [1.29, 1.82) is 0 Å². The monoisotopic (exact) mass is 342 g/mol. The van der Waals surface area contributed by atoms with Crippen LogP contribution < -0.4 is 0 Å². The predicted molar refractivity (Wildman–Crippen MR) is 91.6 cm³/mol. The highest BCUT2D eigenvalue weighted by molar-refractivity contribution is 5.94. The predicted octanol–water partition coefficient (Wildman–Crippen LogP) is 3.75. The lowest BCUT2D eigenvalue weighted by molar-refractivity contribution is 0.0646. The van der Waals surface area contributed by atoms with Gasteiger partial charge < -0.3 is 14.4 Å². The second kappa shape index (κ2) is 7.09. The Balaban J connectivity index is 1.92. The minimum absolute atomic E-state index is 0.107. The quantitative estimate of drug-likeness (QED) is 0.918. The lowest BCUT2D eigenvalue weighted by atomic mass is 10.1. The van der Waals surface area contributed by atoms with E-state index < -0.39 is 5.97 Å². The van der Waals surface area contributed by atoms with Crippen LogP contribution in [0.5, 0.6) is 0 Å². The van der Waals surface area contributed by atoms with E-state index in [9.17, 15) is 9.59 Å². The molecule has 3 rings (SSSR count). The van der Waals surface area contributed by atoms with E-state index in [1.807, 2.05) is 24.0 Å². The van der Waals surface area contributed by atoms with Crippen molar-refractivity contribution in [2.75, 3.05) is 6.54 Å². The van der Waals surface area contributed by atoms with Crippen molar-refractivity contribution in [1.82, 2.24) is 9.88 Å². The minimum Gasteiger partial charge on any atom is -0.478 e. The number of amides is 1. The number of furan rings is 1. The van der Waals surface area contributed by atoms with E-state index in [0.717, 1.165) is 37.2 Å². The Morgan fingerprint density at radius 3 is 2.60 bits per heavy atom. The molecule has 1 atom stereocenters. The Hall–Kier alpha value is -2.63. The lowest BCUT2D eigenvalue weighted by Crippen LogP contribution is -2.35. The van der Waals surface area contributed by atoms with E-state index >= 15 is 0 Å². The maximum absolute atomic E-state index is 13.1. The number of hydrogen-bond acceptors (Lipinski definition) is 4. The first kappa shape index (κ1) is 17.2. The summed E-state index contributed by atoms with van der Waals surface area (Å²) in [6, 6.07) is 6.67. The van der Waals surface area contributed by atoms with Gasteiger partial charge in [-0.1, -0.05) is 12.8 Å². The number of carbonyl (C=O) groups is 2. The summed E-state index contributed by atoms with van der Waals surface area (Å²) in [6.07, 6.45) is 3.90. The summed E-state index contributed by atoms with van der Waals surface area (Å²) in [5.41, 5.74) is 0.738. The standard InChI is InChI=1S/C19H22N2O4/c1-12-7-10-17(25-12)16-6-4-3-5-11-21(16)18(22)15-9-8-14(19(23)24)13(2)20-15/h7-10,16H,3-6,11H2,1-2H3,(H,23,24). The zero-order valence-electron chi connectivity index (χ0n) is 14.5. The van der Waals surface area contributed by atoms with Gasteiger partial charge in [-0.15, -0.1) is 0 Å². The normalized spacial score (nSPS) is 18.0. The largest absolute Gasteiger partial charge is 0.478 e. The Labute approximate surface area is 146 Å². The highest BCUT2D eigenvalue weighted by atomic mass is 16.4. The number of likely N-dealkylation sites (tertiary alicyclic amines) is 1. The molecule has 1 saturated heterocycles. The van der Waals surface area contributed by atoms with Crippen LogP contribution >= 0.6 is 0 Å². The Bertz CT molecular complexity index is 796. The van der Waals surface area contributed by atoms with E-state index in [4.69, 9.17) is 9.52 Å². The zero-order chi connectivity index (χ0) is 18.0. The average Bonchev–Trinajstić information content (AvgIpc) is 2.86. The zero-order valence-corrected chi connectivity index (χ0v) is 14.5. The molecule has 6 nitrogen and oxygen atoms in total. The van der Waals surface area contributed by atoms with Crippen molar-refractivity contribution in [3.63, 3.8) is 0 Å². The molecule has 0 radical (unpaired) electrons. The molecule has 2 aromatic rings. The van der Waals surface area contributed by atoms with Crippen LogP contribution in [0, 0.1) is 13.8 Å². The van der Waals surface area contributed by atoms with E-state index in [0.29, 0.717) is 12.2 Å². The van der Waals surface area contributed by atoms with Gasteiger partial charge in [-0.2, -0.15) is 0 Å². The molecule has 1 aliphatic rings. The third-order valence-electron chi connectivity index (χ3n) is 4.64. The average molecular weight is 342 g/mol. The molecule has 0 aromatic carbocycles. The third-order valence-corrected chi connectivity index (χ3v) is 4.64. The highest BCUT2D eigenvalue weighted by Crippen LogP contribution is 2.32. The van der Waals surface area contributed by atoms with Crippen molar-refractivity contribution in [2.24, 2.45) is 0 Å². The molecular formula is C19H22N2O4. The first-order valence-corrected chi connectivity index (χ1v) is 8.55. The van der Waals surface area contributed by atoms with E-state index in [1.54, 1.807) is 6.92 Å². The minimum atomic E-state index is -1.04. The third kappa shape index (κ3) is 3.57. The number of hydrogen-bond donors (Lipinski definition) is 1. The first-order chi connectivity index (χ1) is 12.0. The van der Waals surface area contributed by atoms with Crippen molar-refractivity contribution in [3.05, 3.63) is 52.7 Å². The van der Waals surface area contributed by atoms with Crippen LogP contribution in [0.1, 0.15) is 69.8 Å². The molecule has 0 bridgehead atoms. The van der Waals surface area contributed by atoms with Crippen LogP contribution in [-0.2, 0) is 0 Å². The Morgan fingerprint density at radius 2 is 1.96 bits per heavy atom. The molecule has 1 aliphatic heterocycles. The summed E-state index contributed by atoms with van der Waals surface area (Å²) in [5.74, 6) is 0.404. The number of aromatic nitrogens is 1. The van der Waals surface area contributed by atoms with Gasteiger partial charge in [0.05, 0.1) is 17.3 Å². The Kier molecular flexibility index (Phi) is 4.88. The number of rotatable bonds is 3. The van der Waals surface area contributed by atoms with Crippen molar-refractivity contribution in [2.45, 2.75) is 45.6 Å². The van der Waals surface area contributed by atoms with E-state index in [2.05, 4.69) is 4.98 Å². The molecule has 1 amide bonds. The van der Waals surface area contributed by atoms with Gasteiger partial charge in [0.1, 0.15) is 17.2 Å². The number of carbonyl (C=O) groups excluding carboxylic acids is 1. The fourth-order valence-electron chi connectivity index (χ4n) is 3.33. The van der Waals surface area contributed by atoms with Crippen LogP contribution in [0.3, 0.4) is 0 Å². The van der Waals surface area contributed by atoms with E-state index in [1.165, 1.54) is 12.1 Å². The fourth-order valence-corrected chi connectivity index (χ4v) is 3.33. The molecule has 1 fully saturated rings. The molecule has 0 spiro atoms. The summed E-state index contributed by atoms with van der Waals surface area (Å²) in [6.45, 7) is 4.14. The molecule has 6 heteroatoms. The highest BCUT2D eigenvalue weighted by Gasteiger charge is 2.30. The van der Waals surface area contributed by atoms with Gasteiger partial charge in [-0.05, 0) is 51.0 Å². The maximum atomic E-state index is 13.1. The van der Waals surface area contributed by atoms with Crippen molar-refractivity contribution in [3.8, 4) is 0 Å². The number of pyridine rings is 1. The van der Waals surface area contributed by atoms with Gasteiger partial charge in [-0.25, -0.2) is 9.78 Å². The second-order valence-corrected chi connectivity index (χ2v) is 6.45. The number of carboxylic acid groups (broad SMARTS) is 1.